The molecule has 0 fully saturated rings. The zero-order valence-electron chi connectivity index (χ0n) is 18.6. The van der Waals surface area contributed by atoms with E-state index in [-0.39, 0.29) is 31.4 Å². The largest absolute Gasteiger partial charge is 0.489 e. The summed E-state index contributed by atoms with van der Waals surface area (Å²) in [6.45, 7) is 4.51. The second-order valence-electron chi connectivity index (χ2n) is 7.39. The summed E-state index contributed by atoms with van der Waals surface area (Å²) in [6.07, 6.45) is 1.45. The predicted molar refractivity (Wildman–Crippen MR) is 122 cm³/mol. The molecule has 1 heterocycles. The Hall–Kier alpha value is -3.58. The molecule has 168 valence electrons. The number of rotatable bonds is 10. The number of anilines is 1. The maximum absolute atomic E-state index is 13.2. The SMILES string of the molecule is COCCN(CC(=O)Nc1cccc(C)c1C)C(=O)c1occc1COc1ccccc1. The summed E-state index contributed by atoms with van der Waals surface area (Å²) in [7, 11) is 1.55. The van der Waals surface area contributed by atoms with Crippen molar-refractivity contribution < 1.29 is 23.5 Å². The number of benzene rings is 2. The van der Waals surface area contributed by atoms with Crippen LogP contribution in [0.4, 0.5) is 5.69 Å². The first-order valence-electron chi connectivity index (χ1n) is 10.4. The Morgan fingerprint density at radius 2 is 1.81 bits per heavy atom. The van der Waals surface area contributed by atoms with Crippen molar-refractivity contribution in [1.29, 1.82) is 0 Å². The van der Waals surface area contributed by atoms with Crippen molar-refractivity contribution in [3.8, 4) is 5.75 Å². The van der Waals surface area contributed by atoms with Crippen LogP contribution in [-0.2, 0) is 16.1 Å². The van der Waals surface area contributed by atoms with Gasteiger partial charge in [0.15, 0.2) is 5.76 Å². The number of amides is 2. The van der Waals surface area contributed by atoms with Gasteiger partial charge in [0.1, 0.15) is 18.9 Å². The van der Waals surface area contributed by atoms with Crippen molar-refractivity contribution in [1.82, 2.24) is 4.90 Å². The lowest BCUT2D eigenvalue weighted by Crippen LogP contribution is -2.40. The van der Waals surface area contributed by atoms with Gasteiger partial charge in [0.2, 0.25) is 5.91 Å². The first-order valence-corrected chi connectivity index (χ1v) is 10.4. The first-order chi connectivity index (χ1) is 15.5. The summed E-state index contributed by atoms with van der Waals surface area (Å²) in [4.78, 5) is 27.3. The van der Waals surface area contributed by atoms with Gasteiger partial charge < -0.3 is 24.1 Å². The van der Waals surface area contributed by atoms with Crippen LogP contribution >= 0.6 is 0 Å². The lowest BCUT2D eigenvalue weighted by Gasteiger charge is -2.22. The number of ether oxygens (including phenoxy) is 2. The fraction of sp³-hybridized carbons (Fsp3) is 0.280. The van der Waals surface area contributed by atoms with E-state index in [4.69, 9.17) is 13.9 Å². The van der Waals surface area contributed by atoms with Crippen molar-refractivity contribution in [2.75, 3.05) is 32.1 Å². The fourth-order valence-corrected chi connectivity index (χ4v) is 3.16. The van der Waals surface area contributed by atoms with Gasteiger partial charge >= 0.3 is 0 Å². The van der Waals surface area contributed by atoms with Crippen LogP contribution in [0.25, 0.3) is 0 Å². The minimum Gasteiger partial charge on any atom is -0.489 e. The standard InChI is InChI=1S/C25H28N2O5/c1-18-8-7-11-22(19(18)2)26-23(28)16-27(13-15-30-3)25(29)24-20(12-14-31-24)17-32-21-9-5-4-6-10-21/h4-12,14H,13,15-17H2,1-3H3,(H,26,28). The Labute approximate surface area is 187 Å². The van der Waals surface area contributed by atoms with E-state index in [2.05, 4.69) is 5.32 Å². The Balaban J connectivity index is 1.70. The normalized spacial score (nSPS) is 10.6. The van der Waals surface area contributed by atoms with Crippen molar-refractivity contribution >= 4 is 17.5 Å². The van der Waals surface area contributed by atoms with E-state index < -0.39 is 5.91 Å². The van der Waals surface area contributed by atoms with Gasteiger partial charge in [0, 0.05) is 24.9 Å². The summed E-state index contributed by atoms with van der Waals surface area (Å²) in [5.41, 5.74) is 3.40. The summed E-state index contributed by atoms with van der Waals surface area (Å²) < 4.78 is 16.3. The average Bonchev–Trinajstić information content (AvgIpc) is 3.27. The van der Waals surface area contributed by atoms with E-state index in [1.165, 1.54) is 11.2 Å². The molecule has 0 bridgehead atoms. The lowest BCUT2D eigenvalue weighted by molar-refractivity contribution is -0.117. The number of carbonyl (C=O) groups is 2. The predicted octanol–water partition coefficient (Wildman–Crippen LogP) is 4.20. The Morgan fingerprint density at radius 3 is 2.56 bits per heavy atom. The first kappa shape index (κ1) is 23.1. The van der Waals surface area contributed by atoms with Crippen LogP contribution < -0.4 is 10.1 Å². The van der Waals surface area contributed by atoms with Crippen LogP contribution in [0.15, 0.2) is 65.3 Å². The number of hydrogen-bond acceptors (Lipinski definition) is 5. The van der Waals surface area contributed by atoms with Crippen molar-refractivity contribution in [2.45, 2.75) is 20.5 Å². The molecule has 0 aliphatic carbocycles. The summed E-state index contributed by atoms with van der Waals surface area (Å²) in [5, 5.41) is 2.89. The monoisotopic (exact) mass is 436 g/mol. The van der Waals surface area contributed by atoms with E-state index in [1.54, 1.807) is 13.2 Å². The second kappa shape index (κ2) is 11.2. The highest BCUT2D eigenvalue weighted by Gasteiger charge is 2.24. The lowest BCUT2D eigenvalue weighted by atomic mass is 10.1. The number of aryl methyl sites for hydroxylation is 1. The molecule has 0 saturated heterocycles. The Bertz CT molecular complexity index is 1050. The number of carbonyl (C=O) groups excluding carboxylic acids is 2. The van der Waals surface area contributed by atoms with E-state index in [9.17, 15) is 9.59 Å². The second-order valence-corrected chi connectivity index (χ2v) is 7.39. The molecular weight excluding hydrogens is 408 g/mol. The van der Waals surface area contributed by atoms with Crippen molar-refractivity contribution in [3.63, 3.8) is 0 Å². The third-order valence-electron chi connectivity index (χ3n) is 5.14. The molecule has 1 aromatic heterocycles. The minimum absolute atomic E-state index is 0.130. The quantitative estimate of drug-likeness (QED) is 0.515. The zero-order chi connectivity index (χ0) is 22.9. The average molecular weight is 437 g/mol. The van der Waals surface area contributed by atoms with Crippen LogP contribution in [0.1, 0.15) is 27.2 Å². The summed E-state index contributed by atoms with van der Waals surface area (Å²) in [6, 6.07) is 16.7. The van der Waals surface area contributed by atoms with Gasteiger partial charge in [-0.25, -0.2) is 0 Å². The van der Waals surface area contributed by atoms with Crippen molar-refractivity contribution in [3.05, 3.63) is 83.3 Å². The van der Waals surface area contributed by atoms with Crippen LogP contribution in [-0.4, -0.2) is 43.5 Å². The molecular formula is C25H28N2O5. The van der Waals surface area contributed by atoms with Crippen LogP contribution in [0, 0.1) is 13.8 Å². The summed E-state index contributed by atoms with van der Waals surface area (Å²) in [5.74, 6) is 0.152. The molecule has 1 N–H and O–H groups in total. The van der Waals surface area contributed by atoms with Gasteiger partial charge in [-0.15, -0.1) is 0 Å². The smallest absolute Gasteiger partial charge is 0.290 e. The van der Waals surface area contributed by atoms with Gasteiger partial charge in [-0.05, 0) is 49.2 Å². The molecule has 0 radical (unpaired) electrons. The molecule has 3 aromatic rings. The molecule has 7 heteroatoms. The molecule has 0 spiro atoms. The molecule has 3 rings (SSSR count). The highest BCUT2D eigenvalue weighted by atomic mass is 16.5. The van der Waals surface area contributed by atoms with E-state index in [0.717, 1.165) is 16.8 Å². The molecule has 32 heavy (non-hydrogen) atoms. The number of nitrogens with one attached hydrogen (secondary N) is 1. The third-order valence-corrected chi connectivity index (χ3v) is 5.14. The van der Waals surface area contributed by atoms with Gasteiger partial charge in [0.05, 0.1) is 12.9 Å². The summed E-state index contributed by atoms with van der Waals surface area (Å²) >= 11 is 0. The molecule has 0 aliphatic rings. The molecule has 2 aromatic carbocycles. The molecule has 0 aliphatic heterocycles. The topological polar surface area (TPSA) is 81.0 Å². The van der Waals surface area contributed by atoms with Crippen molar-refractivity contribution in [2.24, 2.45) is 0 Å². The molecule has 0 unspecified atom stereocenters. The van der Waals surface area contributed by atoms with E-state index >= 15 is 0 Å². The Kier molecular flexibility index (Phi) is 8.05. The molecule has 7 nitrogen and oxygen atoms in total. The van der Waals surface area contributed by atoms with Gasteiger partial charge in [0.25, 0.3) is 5.91 Å². The maximum Gasteiger partial charge on any atom is 0.290 e. The number of hydrogen-bond donors (Lipinski definition) is 1. The van der Waals surface area contributed by atoms with E-state index in [0.29, 0.717) is 17.9 Å². The molecule has 0 saturated carbocycles. The van der Waals surface area contributed by atoms with Gasteiger partial charge in [-0.1, -0.05) is 30.3 Å². The number of methoxy groups -OCH3 is 1. The number of furan rings is 1. The highest BCUT2D eigenvalue weighted by molar-refractivity contribution is 5.99. The van der Waals surface area contributed by atoms with Crippen LogP contribution in [0.3, 0.4) is 0 Å². The minimum atomic E-state index is -0.394. The maximum atomic E-state index is 13.2. The fourth-order valence-electron chi connectivity index (χ4n) is 3.16. The molecule has 0 atom stereocenters. The molecule has 2 amide bonds. The van der Waals surface area contributed by atoms with Crippen LogP contribution in [0.5, 0.6) is 5.75 Å². The van der Waals surface area contributed by atoms with Gasteiger partial charge in [-0.2, -0.15) is 0 Å². The Morgan fingerprint density at radius 1 is 1.03 bits per heavy atom. The van der Waals surface area contributed by atoms with E-state index in [1.807, 2.05) is 62.4 Å². The van der Waals surface area contributed by atoms with Crippen LogP contribution in [0.2, 0.25) is 0 Å². The number of nitrogens with zero attached hydrogens (tertiary/aromatic N) is 1. The highest BCUT2D eigenvalue weighted by Crippen LogP contribution is 2.19. The number of para-hydroxylation sites is 1. The van der Waals surface area contributed by atoms with Gasteiger partial charge in [-0.3, -0.25) is 9.59 Å². The third kappa shape index (κ3) is 5.98. The zero-order valence-corrected chi connectivity index (χ0v) is 18.6.